The first-order valence-corrected chi connectivity index (χ1v) is 14.2. The van der Waals surface area contributed by atoms with Crippen LogP contribution >= 0.6 is 0 Å². The molecular formula is C31H34F2N4O7. The topological polar surface area (TPSA) is 121 Å². The molecule has 0 saturated carbocycles. The molecular weight excluding hydrogens is 578 g/mol. The Balaban J connectivity index is 1.45. The molecule has 0 bridgehead atoms. The van der Waals surface area contributed by atoms with E-state index in [0.29, 0.717) is 42.3 Å². The van der Waals surface area contributed by atoms with Gasteiger partial charge in [0.15, 0.2) is 17.3 Å². The van der Waals surface area contributed by atoms with Crippen LogP contribution in [-0.2, 0) is 30.0 Å². The number of halogens is 2. The van der Waals surface area contributed by atoms with E-state index in [-0.39, 0.29) is 42.7 Å². The lowest BCUT2D eigenvalue weighted by Gasteiger charge is -2.35. The molecule has 0 unspecified atom stereocenters. The number of carbonyl (C=O) groups is 2. The Morgan fingerprint density at radius 2 is 1.68 bits per heavy atom. The second kappa shape index (κ2) is 12.2. The molecule has 1 fully saturated rings. The van der Waals surface area contributed by atoms with Crippen molar-refractivity contribution < 1.29 is 32.6 Å². The predicted octanol–water partition coefficient (Wildman–Crippen LogP) is 2.26. The molecule has 2 atom stereocenters. The van der Waals surface area contributed by atoms with Crippen molar-refractivity contribution in [2.45, 2.75) is 39.3 Å². The van der Waals surface area contributed by atoms with Crippen LogP contribution in [0.3, 0.4) is 0 Å². The largest absolute Gasteiger partial charge is 0.486 e. The fourth-order valence-corrected chi connectivity index (χ4v) is 5.61. The molecule has 5 rings (SSSR count). The SMILES string of the molecule is CC(=O)[C@H](Cc1ccc(-c2c(C)n(C)c(=O)n(C)c2=O)c2c1OCCO2)NC(=O)c1c(F)cc(N2CCOC[C@@H]2C)cc1F. The average Bonchev–Trinajstić information content (AvgIpc) is 2.99. The van der Waals surface area contributed by atoms with Crippen LogP contribution in [0.1, 0.15) is 35.5 Å². The van der Waals surface area contributed by atoms with Gasteiger partial charge in [0, 0.05) is 55.6 Å². The molecule has 1 aromatic heterocycles. The fraction of sp³-hybridized carbons (Fsp3) is 0.419. The highest BCUT2D eigenvalue weighted by Crippen LogP contribution is 2.42. The van der Waals surface area contributed by atoms with E-state index in [9.17, 15) is 19.2 Å². The van der Waals surface area contributed by atoms with Gasteiger partial charge in [-0.05, 0) is 39.0 Å². The van der Waals surface area contributed by atoms with Gasteiger partial charge in [-0.25, -0.2) is 13.6 Å². The van der Waals surface area contributed by atoms with Crippen LogP contribution in [0.25, 0.3) is 11.1 Å². The van der Waals surface area contributed by atoms with E-state index in [0.717, 1.165) is 16.7 Å². The highest BCUT2D eigenvalue weighted by atomic mass is 19.1. The van der Waals surface area contributed by atoms with E-state index in [1.54, 1.807) is 31.0 Å². The molecule has 0 spiro atoms. The molecule has 44 heavy (non-hydrogen) atoms. The molecule has 11 nitrogen and oxygen atoms in total. The van der Waals surface area contributed by atoms with Crippen LogP contribution in [0.2, 0.25) is 0 Å². The number of anilines is 1. The van der Waals surface area contributed by atoms with E-state index < -0.39 is 46.2 Å². The first kappa shape index (κ1) is 30.9. The lowest BCUT2D eigenvalue weighted by atomic mass is 9.96. The first-order valence-electron chi connectivity index (χ1n) is 14.2. The number of aromatic nitrogens is 2. The van der Waals surface area contributed by atoms with Crippen molar-refractivity contribution in [1.29, 1.82) is 0 Å². The number of ketones is 1. The predicted molar refractivity (Wildman–Crippen MR) is 158 cm³/mol. The Labute approximate surface area is 251 Å². The first-order chi connectivity index (χ1) is 20.9. The monoisotopic (exact) mass is 612 g/mol. The summed E-state index contributed by atoms with van der Waals surface area (Å²) in [4.78, 5) is 53.1. The molecule has 1 saturated heterocycles. The number of hydrogen-bond donors (Lipinski definition) is 1. The quantitative estimate of drug-likeness (QED) is 0.432. The summed E-state index contributed by atoms with van der Waals surface area (Å²) in [5, 5.41) is 2.47. The number of hydrogen-bond acceptors (Lipinski definition) is 8. The van der Waals surface area contributed by atoms with Gasteiger partial charge in [-0.1, -0.05) is 6.07 Å². The average molecular weight is 613 g/mol. The number of morpholine rings is 1. The number of amides is 1. The highest BCUT2D eigenvalue weighted by molar-refractivity contribution is 5.98. The maximum Gasteiger partial charge on any atom is 0.330 e. The zero-order chi connectivity index (χ0) is 31.9. The summed E-state index contributed by atoms with van der Waals surface area (Å²) < 4.78 is 49.9. The number of nitrogens with zero attached hydrogens (tertiary/aromatic N) is 3. The van der Waals surface area contributed by atoms with Gasteiger partial charge in [-0.15, -0.1) is 0 Å². The number of fused-ring (bicyclic) bond motifs is 1. The number of ether oxygens (including phenoxy) is 3. The molecule has 13 heteroatoms. The van der Waals surface area contributed by atoms with E-state index in [1.165, 1.54) is 18.5 Å². The molecule has 2 aliphatic rings. The second-order valence-corrected chi connectivity index (χ2v) is 11.0. The van der Waals surface area contributed by atoms with E-state index in [2.05, 4.69) is 5.32 Å². The zero-order valence-corrected chi connectivity index (χ0v) is 25.2. The van der Waals surface area contributed by atoms with Gasteiger partial charge in [-0.3, -0.25) is 19.0 Å². The summed E-state index contributed by atoms with van der Waals surface area (Å²) >= 11 is 0. The normalized spacial score (nSPS) is 16.9. The van der Waals surface area contributed by atoms with E-state index >= 15 is 8.78 Å². The van der Waals surface area contributed by atoms with Crippen molar-refractivity contribution in [3.63, 3.8) is 0 Å². The zero-order valence-electron chi connectivity index (χ0n) is 25.2. The Bertz CT molecular complexity index is 1740. The molecule has 3 aromatic rings. The van der Waals surface area contributed by atoms with Crippen molar-refractivity contribution in [2.75, 3.05) is 37.9 Å². The van der Waals surface area contributed by atoms with Crippen molar-refractivity contribution >= 4 is 17.4 Å². The minimum absolute atomic E-state index is 0.0794. The van der Waals surface area contributed by atoms with Crippen LogP contribution in [0.5, 0.6) is 11.5 Å². The molecule has 0 aliphatic carbocycles. The van der Waals surface area contributed by atoms with Gasteiger partial charge in [0.1, 0.15) is 30.4 Å². The summed E-state index contributed by atoms with van der Waals surface area (Å²) in [6, 6.07) is 4.21. The van der Waals surface area contributed by atoms with Crippen LogP contribution < -0.4 is 30.9 Å². The fourth-order valence-electron chi connectivity index (χ4n) is 5.61. The third-order valence-corrected chi connectivity index (χ3v) is 8.17. The van der Waals surface area contributed by atoms with Crippen LogP contribution in [0, 0.1) is 18.6 Å². The Hall–Kier alpha value is -4.52. The van der Waals surface area contributed by atoms with Gasteiger partial charge in [0.05, 0.1) is 24.8 Å². The minimum atomic E-state index is -1.16. The standard InChI is InChI=1S/C31H34F2N4O7/c1-16-15-42-9-8-37(16)20-13-22(32)26(23(33)14-20)29(39)34-24(18(3)38)12-19-6-7-21(28-27(19)43-10-11-44-28)25-17(2)35(4)31(41)36(5)30(25)40/h6-7,13-14,16,24H,8-12,15H2,1-5H3,(H,34,39)/t16-,24-/m0/s1. The number of Topliss-reactive ketones (excluding diaryl/α,β-unsaturated/α-hetero) is 1. The molecule has 2 aromatic carbocycles. The number of benzene rings is 2. The second-order valence-electron chi connectivity index (χ2n) is 11.0. The van der Waals surface area contributed by atoms with Gasteiger partial charge in [0.2, 0.25) is 0 Å². The van der Waals surface area contributed by atoms with E-state index in [1.807, 2.05) is 6.92 Å². The third-order valence-electron chi connectivity index (χ3n) is 8.17. The van der Waals surface area contributed by atoms with Crippen LogP contribution in [0.4, 0.5) is 14.5 Å². The maximum atomic E-state index is 15.2. The number of rotatable bonds is 7. The van der Waals surface area contributed by atoms with Gasteiger partial charge in [0.25, 0.3) is 11.5 Å². The smallest absolute Gasteiger partial charge is 0.330 e. The van der Waals surface area contributed by atoms with Crippen molar-refractivity contribution in [2.24, 2.45) is 14.1 Å². The summed E-state index contributed by atoms with van der Waals surface area (Å²) in [6.07, 6.45) is -0.0794. The van der Waals surface area contributed by atoms with Gasteiger partial charge in [-0.2, -0.15) is 0 Å². The molecule has 1 amide bonds. The Morgan fingerprint density at radius 3 is 2.32 bits per heavy atom. The van der Waals surface area contributed by atoms with Crippen molar-refractivity contribution in [3.8, 4) is 22.6 Å². The molecule has 1 N–H and O–H groups in total. The summed E-state index contributed by atoms with van der Waals surface area (Å²) in [5.74, 6) is -3.10. The van der Waals surface area contributed by atoms with Gasteiger partial charge >= 0.3 is 5.69 Å². The third kappa shape index (κ3) is 5.59. The maximum absolute atomic E-state index is 15.2. The van der Waals surface area contributed by atoms with Crippen molar-refractivity contribution in [1.82, 2.24) is 14.5 Å². The number of carbonyl (C=O) groups excluding carboxylic acids is 2. The molecule has 0 radical (unpaired) electrons. The highest BCUT2D eigenvalue weighted by Gasteiger charge is 2.30. The van der Waals surface area contributed by atoms with Crippen molar-refractivity contribution in [3.05, 3.63) is 73.6 Å². The molecule has 3 heterocycles. The Morgan fingerprint density at radius 1 is 1.02 bits per heavy atom. The van der Waals surface area contributed by atoms with Gasteiger partial charge < -0.3 is 29.0 Å². The summed E-state index contributed by atoms with van der Waals surface area (Å²) in [6.45, 7) is 6.43. The van der Waals surface area contributed by atoms with Crippen LogP contribution in [0.15, 0.2) is 33.9 Å². The lowest BCUT2D eigenvalue weighted by molar-refractivity contribution is -0.118. The minimum Gasteiger partial charge on any atom is -0.486 e. The lowest BCUT2D eigenvalue weighted by Crippen LogP contribution is -2.44. The number of nitrogens with one attached hydrogen (secondary N) is 1. The van der Waals surface area contributed by atoms with Crippen LogP contribution in [-0.4, -0.2) is 65.9 Å². The summed E-state index contributed by atoms with van der Waals surface area (Å²) in [7, 11) is 2.94. The van der Waals surface area contributed by atoms with E-state index in [4.69, 9.17) is 14.2 Å². The molecule has 234 valence electrons. The Kier molecular flexibility index (Phi) is 8.60. The summed E-state index contributed by atoms with van der Waals surface area (Å²) in [5.41, 5.74) is 0.0651. The molecule has 2 aliphatic heterocycles.